The molecule has 0 N–H and O–H groups in total. The van der Waals surface area contributed by atoms with Gasteiger partial charge in [0.25, 0.3) is 0 Å². The maximum atomic E-state index is 13.0. The van der Waals surface area contributed by atoms with E-state index in [-0.39, 0.29) is 5.41 Å². The van der Waals surface area contributed by atoms with Gasteiger partial charge in [-0.25, -0.2) is 0 Å². The molecule has 0 unspecified atom stereocenters. The van der Waals surface area contributed by atoms with Crippen LogP contribution in [0.5, 0.6) is 0 Å². The summed E-state index contributed by atoms with van der Waals surface area (Å²) in [7, 11) is -8.05. The average Bonchev–Trinajstić information content (AvgIpc) is 2.58. The molecule has 0 spiro atoms. The van der Waals surface area contributed by atoms with Gasteiger partial charge in [-0.1, -0.05) is 84.2 Å². The highest BCUT2D eigenvalue weighted by atomic mass is 32.2. The van der Waals surface area contributed by atoms with E-state index in [0.29, 0.717) is 6.04 Å². The summed E-state index contributed by atoms with van der Waals surface area (Å²) in [6.07, 6.45) is 2.28. The van der Waals surface area contributed by atoms with E-state index in [0.717, 1.165) is 24.8 Å². The Labute approximate surface area is 156 Å². The first-order valence-corrected chi connectivity index (χ1v) is 11.8. The minimum Gasteiger partial charge on any atom is -0.307 e. The van der Waals surface area contributed by atoms with Crippen molar-refractivity contribution in [2.45, 2.75) is 70.5 Å². The van der Waals surface area contributed by atoms with E-state index < -0.39 is 29.7 Å². The van der Waals surface area contributed by atoms with Gasteiger partial charge in [-0.05, 0) is 17.0 Å². The van der Waals surface area contributed by atoms with E-state index in [9.17, 15) is 21.6 Å². The first kappa shape index (κ1) is 23.2. The van der Waals surface area contributed by atoms with Crippen molar-refractivity contribution in [1.29, 1.82) is 0 Å². The minimum absolute atomic E-state index is 0.235. The van der Waals surface area contributed by atoms with Crippen LogP contribution in [0.25, 0.3) is 0 Å². The van der Waals surface area contributed by atoms with E-state index in [4.69, 9.17) is 3.87 Å². The van der Waals surface area contributed by atoms with Crippen LogP contribution in [0.3, 0.4) is 0 Å². The molecule has 0 saturated heterocycles. The largest absolute Gasteiger partial charge is 0.522 e. The van der Waals surface area contributed by atoms with Gasteiger partial charge in [0.15, 0.2) is 0 Å². The summed E-state index contributed by atoms with van der Waals surface area (Å²) in [6.45, 7) is 9.50. The first-order valence-electron chi connectivity index (χ1n) is 8.77. The molecule has 8 heteroatoms. The van der Waals surface area contributed by atoms with Crippen LogP contribution in [0.4, 0.5) is 13.2 Å². The third-order valence-corrected chi connectivity index (χ3v) is 10.5. The van der Waals surface area contributed by atoms with Crippen molar-refractivity contribution in [3.05, 3.63) is 35.9 Å². The molecule has 0 aliphatic carbocycles. The lowest BCUT2D eigenvalue weighted by Gasteiger charge is -2.39. The van der Waals surface area contributed by atoms with Gasteiger partial charge in [-0.3, -0.25) is 0 Å². The molecule has 149 valence electrons. The number of benzene rings is 1. The highest BCUT2D eigenvalue weighted by molar-refractivity contribution is 7.88. The van der Waals surface area contributed by atoms with E-state index >= 15 is 0 Å². The highest BCUT2D eigenvalue weighted by Gasteiger charge is 2.52. The summed E-state index contributed by atoms with van der Waals surface area (Å²) in [4.78, 5) is 0. The van der Waals surface area contributed by atoms with Crippen molar-refractivity contribution >= 4 is 19.2 Å². The predicted octanol–water partition coefficient (Wildman–Crippen LogP) is 5.58. The normalized spacial score (nSPS) is 14.0. The minimum atomic E-state index is -5.64. The fraction of sp³-hybridized carbons (Fsp3) is 0.667. The number of hydrogen-bond donors (Lipinski definition) is 0. The number of alkyl halides is 3. The Balaban J connectivity index is 3.38. The maximum Gasteiger partial charge on any atom is 0.522 e. The Kier molecular flexibility index (Phi) is 7.52. The molecule has 0 aromatic heterocycles. The van der Waals surface area contributed by atoms with Crippen molar-refractivity contribution in [3.8, 4) is 0 Å². The van der Waals surface area contributed by atoms with Gasteiger partial charge in [0.2, 0.25) is 9.04 Å². The number of halogens is 3. The van der Waals surface area contributed by atoms with Crippen LogP contribution in [-0.4, -0.2) is 23.0 Å². The molecule has 0 aliphatic rings. The van der Waals surface area contributed by atoms with E-state index in [1.165, 1.54) is 0 Å². The standard InChI is InChI=1S/C18H28F3O3SSi/c1-6-17(7-2,8-3)14-26(24-25(22,23)18(19,20)21)16(4,5)15-12-10-9-11-13-15/h9-13H,6-8,14H2,1-5H3. The van der Waals surface area contributed by atoms with Crippen LogP contribution in [-0.2, 0) is 19.0 Å². The van der Waals surface area contributed by atoms with Crippen LogP contribution in [0.2, 0.25) is 6.04 Å². The van der Waals surface area contributed by atoms with Gasteiger partial charge in [-0.15, -0.1) is 0 Å². The molecule has 0 fully saturated rings. The van der Waals surface area contributed by atoms with Crippen molar-refractivity contribution in [2.24, 2.45) is 5.41 Å². The molecule has 1 aromatic carbocycles. The molecule has 1 radical (unpaired) electrons. The fourth-order valence-electron chi connectivity index (χ4n) is 3.02. The van der Waals surface area contributed by atoms with Gasteiger partial charge in [0.05, 0.1) is 0 Å². The van der Waals surface area contributed by atoms with E-state index in [2.05, 4.69) is 0 Å². The molecule has 0 heterocycles. The molecular formula is C18H28F3O3SSi. The molecule has 1 aromatic rings. The third-order valence-electron chi connectivity index (χ3n) is 5.47. The molecule has 26 heavy (non-hydrogen) atoms. The Morgan fingerprint density at radius 1 is 0.962 bits per heavy atom. The zero-order valence-corrected chi connectivity index (χ0v) is 17.8. The molecule has 1 rings (SSSR count). The second-order valence-corrected chi connectivity index (χ2v) is 11.6. The Morgan fingerprint density at radius 2 is 1.42 bits per heavy atom. The van der Waals surface area contributed by atoms with Gasteiger partial charge >= 0.3 is 15.6 Å². The molecular weight excluding hydrogens is 381 g/mol. The second kappa shape index (κ2) is 8.44. The lowest BCUT2D eigenvalue weighted by molar-refractivity contribution is -0.0503. The van der Waals surface area contributed by atoms with Crippen LogP contribution < -0.4 is 0 Å². The summed E-state index contributed by atoms with van der Waals surface area (Å²) < 4.78 is 67.4. The quantitative estimate of drug-likeness (QED) is 0.395. The molecule has 0 atom stereocenters. The first-order chi connectivity index (χ1) is 11.8. The SMILES string of the molecule is CCC(CC)(CC)C[Si](OS(=O)(=O)C(F)(F)F)C(C)(C)c1ccccc1. The lowest BCUT2D eigenvalue weighted by Crippen LogP contribution is -2.47. The monoisotopic (exact) mass is 409 g/mol. The molecule has 0 amide bonds. The Morgan fingerprint density at radius 3 is 1.81 bits per heavy atom. The van der Waals surface area contributed by atoms with Crippen molar-refractivity contribution in [3.63, 3.8) is 0 Å². The van der Waals surface area contributed by atoms with Gasteiger partial charge in [0, 0.05) is 5.04 Å². The zero-order valence-electron chi connectivity index (χ0n) is 16.0. The smallest absolute Gasteiger partial charge is 0.307 e. The third kappa shape index (κ3) is 5.10. The Bertz CT molecular complexity index is 660. The lowest BCUT2D eigenvalue weighted by atomic mass is 9.82. The fourth-order valence-corrected chi connectivity index (χ4v) is 7.88. The number of hydrogen-bond acceptors (Lipinski definition) is 3. The van der Waals surface area contributed by atoms with Crippen LogP contribution in [0, 0.1) is 5.41 Å². The topological polar surface area (TPSA) is 43.4 Å². The van der Waals surface area contributed by atoms with E-state index in [1.54, 1.807) is 38.1 Å². The molecule has 0 aliphatic heterocycles. The van der Waals surface area contributed by atoms with Crippen LogP contribution in [0.15, 0.2) is 30.3 Å². The second-order valence-electron chi connectivity index (χ2n) is 7.13. The van der Waals surface area contributed by atoms with Crippen molar-refractivity contribution in [2.75, 3.05) is 0 Å². The van der Waals surface area contributed by atoms with Gasteiger partial charge in [-0.2, -0.15) is 21.6 Å². The van der Waals surface area contributed by atoms with Gasteiger partial charge < -0.3 is 3.87 Å². The van der Waals surface area contributed by atoms with E-state index in [1.807, 2.05) is 26.8 Å². The molecule has 0 bridgehead atoms. The zero-order chi connectivity index (χ0) is 20.2. The molecule has 3 nitrogen and oxygen atoms in total. The summed E-state index contributed by atoms with van der Waals surface area (Å²) in [5.41, 5.74) is -4.87. The summed E-state index contributed by atoms with van der Waals surface area (Å²) in [6, 6.07) is 9.34. The number of rotatable bonds is 9. The van der Waals surface area contributed by atoms with Gasteiger partial charge in [0.1, 0.15) is 0 Å². The summed E-state index contributed by atoms with van der Waals surface area (Å²) in [5, 5.41) is -0.811. The average molecular weight is 410 g/mol. The van der Waals surface area contributed by atoms with Crippen molar-refractivity contribution in [1.82, 2.24) is 0 Å². The highest BCUT2D eigenvalue weighted by Crippen LogP contribution is 2.42. The Hall–Kier alpha value is -0.863. The van der Waals surface area contributed by atoms with Crippen molar-refractivity contribution < 1.29 is 25.5 Å². The maximum absolute atomic E-state index is 13.0. The summed E-state index contributed by atoms with van der Waals surface area (Å²) >= 11 is 0. The molecule has 0 saturated carbocycles. The summed E-state index contributed by atoms with van der Waals surface area (Å²) in [5.74, 6) is 0. The van der Waals surface area contributed by atoms with Crippen LogP contribution >= 0.6 is 0 Å². The van der Waals surface area contributed by atoms with Crippen LogP contribution in [0.1, 0.15) is 59.4 Å². The predicted molar refractivity (Wildman–Crippen MR) is 99.4 cm³/mol.